The van der Waals surface area contributed by atoms with Crippen LogP contribution < -0.4 is 4.74 Å². The molecule has 5 heteroatoms. The zero-order valence-electron chi connectivity index (χ0n) is 16.5. The average Bonchev–Trinajstić information content (AvgIpc) is 3.09. The van der Waals surface area contributed by atoms with Crippen molar-refractivity contribution in [2.45, 2.75) is 32.9 Å². The third kappa shape index (κ3) is 5.15. The molecule has 0 bridgehead atoms. The van der Waals surface area contributed by atoms with Crippen molar-refractivity contribution < 1.29 is 14.3 Å². The molecule has 2 aromatic rings. The number of hydrogen-bond donors (Lipinski definition) is 1. The summed E-state index contributed by atoms with van der Waals surface area (Å²) < 4.78 is 10.9. The van der Waals surface area contributed by atoms with E-state index in [9.17, 15) is 5.11 Å². The molecule has 1 N–H and O–H groups in total. The Hall–Kier alpha value is -2.24. The Morgan fingerprint density at radius 1 is 1.26 bits per heavy atom. The summed E-state index contributed by atoms with van der Waals surface area (Å²) in [6.07, 6.45) is 5.40. The van der Waals surface area contributed by atoms with E-state index in [1.54, 1.807) is 13.2 Å². The van der Waals surface area contributed by atoms with Gasteiger partial charge < -0.3 is 14.3 Å². The Morgan fingerprint density at radius 3 is 2.81 bits per heavy atom. The van der Waals surface area contributed by atoms with Crippen molar-refractivity contribution >= 4 is 6.08 Å². The van der Waals surface area contributed by atoms with Gasteiger partial charge in [0.25, 0.3) is 0 Å². The fourth-order valence-corrected chi connectivity index (χ4v) is 3.62. The van der Waals surface area contributed by atoms with E-state index < -0.39 is 0 Å². The maximum absolute atomic E-state index is 9.68. The van der Waals surface area contributed by atoms with Crippen molar-refractivity contribution in [3.05, 3.63) is 53.5 Å². The van der Waals surface area contributed by atoms with Crippen molar-refractivity contribution in [3.8, 4) is 11.5 Å². The second-order valence-electron chi connectivity index (χ2n) is 7.14. The standard InChI is InChI=1S/C22H30N2O3/c1-4-19-15-23(12-13-24(19)16-20-9-7-17(2)27-20)11-5-6-18-8-10-21(25)22(14-18)26-3/h5-10,14,19,25H,4,11-13,15-16H2,1-3H3/b6-5+. The molecule has 1 aliphatic rings. The first-order valence-electron chi connectivity index (χ1n) is 9.64. The number of hydrogen-bond acceptors (Lipinski definition) is 5. The Labute approximate surface area is 161 Å². The largest absolute Gasteiger partial charge is 0.504 e. The fourth-order valence-electron chi connectivity index (χ4n) is 3.62. The molecule has 1 fully saturated rings. The number of benzene rings is 1. The minimum atomic E-state index is 0.170. The maximum atomic E-state index is 9.68. The molecule has 0 radical (unpaired) electrons. The van der Waals surface area contributed by atoms with Gasteiger partial charge in [0.1, 0.15) is 11.5 Å². The number of piperazine rings is 1. The van der Waals surface area contributed by atoms with Gasteiger partial charge in [-0.05, 0) is 43.2 Å². The first-order chi connectivity index (χ1) is 13.1. The number of phenols is 1. The van der Waals surface area contributed by atoms with Gasteiger partial charge in [-0.15, -0.1) is 0 Å². The lowest BCUT2D eigenvalue weighted by molar-refractivity contribution is 0.0675. The van der Waals surface area contributed by atoms with Gasteiger partial charge in [0.05, 0.1) is 13.7 Å². The molecule has 0 aliphatic carbocycles. The highest BCUT2D eigenvalue weighted by atomic mass is 16.5. The van der Waals surface area contributed by atoms with Crippen LogP contribution in [0.3, 0.4) is 0 Å². The number of rotatable bonds is 7. The fraction of sp³-hybridized carbons (Fsp3) is 0.455. The van der Waals surface area contributed by atoms with Crippen molar-refractivity contribution in [1.29, 1.82) is 0 Å². The molecule has 146 valence electrons. The molecule has 1 aliphatic heterocycles. The molecule has 1 unspecified atom stereocenters. The summed E-state index contributed by atoms with van der Waals surface area (Å²) in [7, 11) is 1.57. The maximum Gasteiger partial charge on any atom is 0.161 e. The summed E-state index contributed by atoms with van der Waals surface area (Å²) in [6, 6.07) is 10.1. The zero-order chi connectivity index (χ0) is 19.2. The van der Waals surface area contributed by atoms with Crippen molar-refractivity contribution in [1.82, 2.24) is 9.80 Å². The molecule has 1 aromatic carbocycles. The molecular weight excluding hydrogens is 340 g/mol. The summed E-state index contributed by atoms with van der Waals surface area (Å²) in [5.74, 6) is 2.71. The summed E-state index contributed by atoms with van der Waals surface area (Å²) in [4.78, 5) is 5.02. The van der Waals surface area contributed by atoms with E-state index in [1.165, 1.54) is 0 Å². The van der Waals surface area contributed by atoms with Crippen LogP contribution in [0.4, 0.5) is 0 Å². The molecular formula is C22H30N2O3. The van der Waals surface area contributed by atoms with E-state index in [1.807, 2.05) is 25.1 Å². The molecule has 1 saturated heterocycles. The summed E-state index contributed by atoms with van der Waals surface area (Å²) in [5, 5.41) is 9.68. The number of ether oxygens (including phenoxy) is 1. The topological polar surface area (TPSA) is 49.1 Å². The quantitative estimate of drug-likeness (QED) is 0.801. The van der Waals surface area contributed by atoms with E-state index in [4.69, 9.17) is 9.15 Å². The van der Waals surface area contributed by atoms with Crippen LogP contribution in [0.1, 0.15) is 30.4 Å². The Balaban J connectivity index is 1.53. The molecule has 27 heavy (non-hydrogen) atoms. The van der Waals surface area contributed by atoms with Gasteiger partial charge in [-0.25, -0.2) is 0 Å². The molecule has 1 atom stereocenters. The highest BCUT2D eigenvalue weighted by Crippen LogP contribution is 2.26. The SMILES string of the molecule is CCC1CN(C/C=C/c2ccc(O)c(OC)c2)CCN1Cc1ccc(C)o1. The number of nitrogens with zero attached hydrogens (tertiary/aromatic N) is 2. The van der Waals surface area contributed by atoms with Crippen molar-refractivity contribution in [3.63, 3.8) is 0 Å². The van der Waals surface area contributed by atoms with Gasteiger partial charge in [-0.1, -0.05) is 25.1 Å². The van der Waals surface area contributed by atoms with Crippen molar-refractivity contribution in [2.75, 3.05) is 33.3 Å². The smallest absolute Gasteiger partial charge is 0.161 e. The zero-order valence-corrected chi connectivity index (χ0v) is 16.5. The molecule has 0 spiro atoms. The normalized spacial score (nSPS) is 19.0. The Bertz CT molecular complexity index is 769. The summed E-state index contributed by atoms with van der Waals surface area (Å²) in [6.45, 7) is 9.25. The van der Waals surface area contributed by atoms with Gasteiger partial charge in [-0.2, -0.15) is 0 Å². The predicted octanol–water partition coefficient (Wildman–Crippen LogP) is 3.91. The van der Waals surface area contributed by atoms with Gasteiger partial charge in [-0.3, -0.25) is 9.80 Å². The lowest BCUT2D eigenvalue weighted by atomic mass is 10.1. The summed E-state index contributed by atoms with van der Waals surface area (Å²) in [5.41, 5.74) is 1.03. The highest BCUT2D eigenvalue weighted by molar-refractivity contribution is 5.55. The first kappa shape index (κ1) is 19.5. The Morgan fingerprint density at radius 2 is 2.11 bits per heavy atom. The van der Waals surface area contributed by atoms with Gasteiger partial charge >= 0.3 is 0 Å². The molecule has 0 amide bonds. The molecule has 0 saturated carbocycles. The van der Waals surface area contributed by atoms with E-state index in [0.29, 0.717) is 11.8 Å². The van der Waals surface area contributed by atoms with E-state index >= 15 is 0 Å². The van der Waals surface area contributed by atoms with Crippen LogP contribution in [0.5, 0.6) is 11.5 Å². The van der Waals surface area contributed by atoms with Crippen LogP contribution in [0.2, 0.25) is 0 Å². The minimum Gasteiger partial charge on any atom is -0.504 e. The number of furan rings is 1. The Kier molecular flexibility index (Phi) is 6.58. The lowest BCUT2D eigenvalue weighted by Crippen LogP contribution is -2.52. The van der Waals surface area contributed by atoms with Gasteiger partial charge in [0.15, 0.2) is 11.5 Å². The minimum absolute atomic E-state index is 0.170. The second-order valence-corrected chi connectivity index (χ2v) is 7.14. The van der Waals surface area contributed by atoms with Crippen LogP contribution in [-0.2, 0) is 6.54 Å². The predicted molar refractivity (Wildman–Crippen MR) is 108 cm³/mol. The summed E-state index contributed by atoms with van der Waals surface area (Å²) >= 11 is 0. The second kappa shape index (κ2) is 9.11. The molecule has 2 heterocycles. The molecule has 3 rings (SSSR count). The third-order valence-electron chi connectivity index (χ3n) is 5.19. The lowest BCUT2D eigenvalue weighted by Gasteiger charge is -2.40. The van der Waals surface area contributed by atoms with Crippen LogP contribution in [0.15, 0.2) is 40.8 Å². The highest BCUT2D eigenvalue weighted by Gasteiger charge is 2.25. The molecule has 1 aromatic heterocycles. The van der Waals surface area contributed by atoms with Crippen LogP contribution in [-0.4, -0.2) is 54.2 Å². The monoisotopic (exact) mass is 370 g/mol. The number of aryl methyl sites for hydroxylation is 1. The van der Waals surface area contributed by atoms with Crippen LogP contribution >= 0.6 is 0 Å². The van der Waals surface area contributed by atoms with Crippen LogP contribution in [0.25, 0.3) is 6.08 Å². The van der Waals surface area contributed by atoms with Crippen molar-refractivity contribution in [2.24, 2.45) is 0 Å². The third-order valence-corrected chi connectivity index (χ3v) is 5.19. The molecule has 5 nitrogen and oxygen atoms in total. The number of methoxy groups -OCH3 is 1. The van der Waals surface area contributed by atoms with E-state index in [2.05, 4.69) is 34.9 Å². The first-order valence-corrected chi connectivity index (χ1v) is 9.64. The van der Waals surface area contributed by atoms with Gasteiger partial charge in [0, 0.05) is 32.2 Å². The van der Waals surface area contributed by atoms with E-state index in [0.717, 1.165) is 56.2 Å². The van der Waals surface area contributed by atoms with Crippen LogP contribution in [0, 0.1) is 6.92 Å². The average molecular weight is 370 g/mol. The number of phenolic OH excluding ortho intramolecular Hbond substituents is 1. The van der Waals surface area contributed by atoms with Gasteiger partial charge in [0.2, 0.25) is 0 Å². The van der Waals surface area contributed by atoms with E-state index in [-0.39, 0.29) is 5.75 Å². The number of aromatic hydroxyl groups is 1.